The summed E-state index contributed by atoms with van der Waals surface area (Å²) in [6, 6.07) is 11.3. The normalized spacial score (nSPS) is 13.4. The molecule has 0 aliphatic carbocycles. The Balaban J connectivity index is 1.67. The average Bonchev–Trinajstić information content (AvgIpc) is 3.10. The van der Waals surface area contributed by atoms with Crippen molar-refractivity contribution < 1.29 is 19.1 Å². The Hall–Kier alpha value is -2.54. The molecule has 1 aliphatic rings. The Morgan fingerprint density at radius 1 is 1.13 bits per heavy atom. The van der Waals surface area contributed by atoms with E-state index in [0.717, 1.165) is 34.3 Å². The van der Waals surface area contributed by atoms with E-state index < -0.39 is 0 Å². The maximum atomic E-state index is 12.7. The smallest absolute Gasteiger partial charge is 0.228 e. The first-order chi connectivity index (χ1) is 14.5. The van der Waals surface area contributed by atoms with Gasteiger partial charge in [0.15, 0.2) is 11.5 Å². The number of amides is 2. The summed E-state index contributed by atoms with van der Waals surface area (Å²) in [6.45, 7) is 6.24. The molecule has 2 amide bonds. The number of nitrogens with zero attached hydrogens (tertiary/aromatic N) is 1. The first-order valence-corrected chi connectivity index (χ1v) is 11.0. The van der Waals surface area contributed by atoms with Gasteiger partial charge in [-0.15, -0.1) is 0 Å². The molecule has 1 saturated heterocycles. The van der Waals surface area contributed by atoms with Crippen molar-refractivity contribution in [2.75, 3.05) is 25.1 Å². The summed E-state index contributed by atoms with van der Waals surface area (Å²) >= 11 is 3.53. The number of halogens is 1. The standard InChI is InChI=1S/C23H27BrN2O4/c1-3-29-20-12-17(19(24)14-21(20)30-4-2)13-22(27)25-18-8-5-7-16(11-18)15-26-10-6-9-23(26)28/h5,7-8,11-12,14H,3-4,6,9-10,13,15H2,1-2H3,(H,25,27). The van der Waals surface area contributed by atoms with Crippen molar-refractivity contribution in [1.29, 1.82) is 0 Å². The molecular formula is C23H27BrN2O4. The lowest BCUT2D eigenvalue weighted by Crippen LogP contribution is -2.23. The zero-order chi connectivity index (χ0) is 21.5. The Kier molecular flexibility index (Phi) is 7.74. The number of likely N-dealkylation sites (tertiary alicyclic amines) is 1. The highest BCUT2D eigenvalue weighted by Crippen LogP contribution is 2.34. The van der Waals surface area contributed by atoms with Gasteiger partial charge in [-0.2, -0.15) is 0 Å². The van der Waals surface area contributed by atoms with Crippen LogP contribution >= 0.6 is 15.9 Å². The monoisotopic (exact) mass is 474 g/mol. The van der Waals surface area contributed by atoms with Crippen LogP contribution < -0.4 is 14.8 Å². The molecular weight excluding hydrogens is 448 g/mol. The van der Waals surface area contributed by atoms with Gasteiger partial charge < -0.3 is 19.7 Å². The molecule has 2 aromatic carbocycles. The van der Waals surface area contributed by atoms with Gasteiger partial charge in [0, 0.05) is 29.7 Å². The van der Waals surface area contributed by atoms with Crippen LogP contribution in [0.2, 0.25) is 0 Å². The quantitative estimate of drug-likeness (QED) is 0.578. The Morgan fingerprint density at radius 3 is 2.53 bits per heavy atom. The van der Waals surface area contributed by atoms with Crippen molar-refractivity contribution in [3.63, 3.8) is 0 Å². The number of carbonyl (C=O) groups excluding carboxylic acids is 2. The topological polar surface area (TPSA) is 67.9 Å². The predicted molar refractivity (Wildman–Crippen MR) is 120 cm³/mol. The third-order valence-electron chi connectivity index (χ3n) is 4.82. The van der Waals surface area contributed by atoms with Crippen LogP contribution in [0.1, 0.15) is 37.8 Å². The second-order valence-corrected chi connectivity index (χ2v) is 7.95. The SMILES string of the molecule is CCOc1cc(Br)c(CC(=O)Nc2cccc(CN3CCCC3=O)c2)cc1OCC. The fourth-order valence-corrected chi connectivity index (χ4v) is 3.93. The molecule has 7 heteroatoms. The van der Waals surface area contributed by atoms with Crippen LogP contribution in [0.3, 0.4) is 0 Å². The van der Waals surface area contributed by atoms with Gasteiger partial charge in [-0.25, -0.2) is 0 Å². The minimum absolute atomic E-state index is 0.128. The molecule has 0 bridgehead atoms. The van der Waals surface area contributed by atoms with Crippen LogP contribution in [0.25, 0.3) is 0 Å². The third-order valence-corrected chi connectivity index (χ3v) is 5.56. The van der Waals surface area contributed by atoms with Gasteiger partial charge in [-0.1, -0.05) is 28.1 Å². The molecule has 0 spiro atoms. The number of carbonyl (C=O) groups is 2. The Labute approximate surface area is 185 Å². The van der Waals surface area contributed by atoms with Crippen LogP contribution in [0, 0.1) is 0 Å². The molecule has 1 aliphatic heterocycles. The van der Waals surface area contributed by atoms with Crippen LogP contribution in [0.4, 0.5) is 5.69 Å². The predicted octanol–water partition coefficient (Wildman–Crippen LogP) is 4.55. The van der Waals surface area contributed by atoms with E-state index in [9.17, 15) is 9.59 Å². The number of benzene rings is 2. The minimum atomic E-state index is -0.128. The second-order valence-electron chi connectivity index (χ2n) is 7.10. The highest BCUT2D eigenvalue weighted by atomic mass is 79.9. The maximum Gasteiger partial charge on any atom is 0.228 e. The molecule has 1 N–H and O–H groups in total. The van der Waals surface area contributed by atoms with Gasteiger partial charge in [0.1, 0.15) is 0 Å². The molecule has 2 aromatic rings. The highest BCUT2D eigenvalue weighted by Gasteiger charge is 2.20. The summed E-state index contributed by atoms with van der Waals surface area (Å²) in [6.07, 6.45) is 1.73. The van der Waals surface area contributed by atoms with E-state index in [2.05, 4.69) is 21.2 Å². The summed E-state index contributed by atoms with van der Waals surface area (Å²) < 4.78 is 12.1. The molecule has 0 saturated carbocycles. The van der Waals surface area contributed by atoms with E-state index in [0.29, 0.717) is 37.7 Å². The zero-order valence-electron chi connectivity index (χ0n) is 17.4. The fourth-order valence-electron chi connectivity index (χ4n) is 3.47. The first-order valence-electron chi connectivity index (χ1n) is 10.2. The van der Waals surface area contributed by atoms with Gasteiger partial charge in [-0.3, -0.25) is 9.59 Å². The van der Waals surface area contributed by atoms with Gasteiger partial charge in [0.2, 0.25) is 11.8 Å². The average molecular weight is 475 g/mol. The number of hydrogen-bond acceptors (Lipinski definition) is 4. The van der Waals surface area contributed by atoms with Gasteiger partial charge in [-0.05, 0) is 55.7 Å². The van der Waals surface area contributed by atoms with Crippen molar-refractivity contribution in [1.82, 2.24) is 4.90 Å². The number of ether oxygens (including phenoxy) is 2. The molecule has 1 fully saturated rings. The summed E-state index contributed by atoms with van der Waals surface area (Å²) in [5.74, 6) is 1.34. The maximum absolute atomic E-state index is 12.7. The minimum Gasteiger partial charge on any atom is -0.490 e. The molecule has 0 atom stereocenters. The number of anilines is 1. The van der Waals surface area contributed by atoms with Gasteiger partial charge in [0.25, 0.3) is 0 Å². The lowest BCUT2D eigenvalue weighted by molar-refractivity contribution is -0.128. The lowest BCUT2D eigenvalue weighted by atomic mass is 10.1. The van der Waals surface area contributed by atoms with Crippen LogP contribution in [0.5, 0.6) is 11.5 Å². The van der Waals surface area contributed by atoms with Gasteiger partial charge in [0.05, 0.1) is 19.6 Å². The Bertz CT molecular complexity index is 916. The summed E-state index contributed by atoms with van der Waals surface area (Å²) in [5.41, 5.74) is 2.54. The third kappa shape index (κ3) is 5.75. The van der Waals surface area contributed by atoms with E-state index in [1.54, 1.807) is 0 Å². The van der Waals surface area contributed by atoms with Crippen molar-refractivity contribution in [3.05, 3.63) is 52.0 Å². The highest BCUT2D eigenvalue weighted by molar-refractivity contribution is 9.10. The van der Waals surface area contributed by atoms with E-state index in [1.165, 1.54) is 0 Å². The van der Waals surface area contributed by atoms with Crippen LogP contribution in [-0.2, 0) is 22.6 Å². The number of hydrogen-bond donors (Lipinski definition) is 1. The molecule has 6 nitrogen and oxygen atoms in total. The number of rotatable bonds is 9. The molecule has 1 heterocycles. The fraction of sp³-hybridized carbons (Fsp3) is 0.391. The van der Waals surface area contributed by atoms with E-state index in [-0.39, 0.29) is 18.2 Å². The molecule has 0 aromatic heterocycles. The molecule has 3 rings (SSSR count). The van der Waals surface area contributed by atoms with Crippen molar-refractivity contribution >= 4 is 33.4 Å². The zero-order valence-corrected chi connectivity index (χ0v) is 19.0. The summed E-state index contributed by atoms with van der Waals surface area (Å²) in [7, 11) is 0. The van der Waals surface area contributed by atoms with Crippen LogP contribution in [-0.4, -0.2) is 36.5 Å². The molecule has 160 valence electrons. The molecule has 0 unspecified atom stereocenters. The summed E-state index contributed by atoms with van der Waals surface area (Å²) in [5, 5.41) is 2.95. The van der Waals surface area contributed by atoms with Crippen LogP contribution in [0.15, 0.2) is 40.9 Å². The summed E-state index contributed by atoms with van der Waals surface area (Å²) in [4.78, 5) is 26.4. The first kappa shape index (κ1) is 22.2. The molecule has 0 radical (unpaired) electrons. The number of nitrogens with one attached hydrogen (secondary N) is 1. The lowest BCUT2D eigenvalue weighted by Gasteiger charge is -2.16. The van der Waals surface area contributed by atoms with Crippen molar-refractivity contribution in [3.8, 4) is 11.5 Å². The Morgan fingerprint density at radius 2 is 1.87 bits per heavy atom. The second kappa shape index (κ2) is 10.5. The molecule has 30 heavy (non-hydrogen) atoms. The van der Waals surface area contributed by atoms with Crippen molar-refractivity contribution in [2.24, 2.45) is 0 Å². The van der Waals surface area contributed by atoms with E-state index in [4.69, 9.17) is 9.47 Å². The van der Waals surface area contributed by atoms with Gasteiger partial charge >= 0.3 is 0 Å². The van der Waals surface area contributed by atoms with Crippen molar-refractivity contribution in [2.45, 2.75) is 39.7 Å². The largest absolute Gasteiger partial charge is 0.490 e. The van der Waals surface area contributed by atoms with E-state index in [1.807, 2.05) is 55.1 Å². The van der Waals surface area contributed by atoms with E-state index >= 15 is 0 Å².